The number of amides is 3. The van der Waals surface area contributed by atoms with E-state index in [2.05, 4.69) is 33.2 Å². The van der Waals surface area contributed by atoms with E-state index in [0.29, 0.717) is 31.0 Å². The summed E-state index contributed by atoms with van der Waals surface area (Å²) in [5.74, 6) is 1.53. The Labute approximate surface area is 170 Å². The minimum absolute atomic E-state index is 0.0310. The van der Waals surface area contributed by atoms with E-state index in [-0.39, 0.29) is 18.0 Å². The summed E-state index contributed by atoms with van der Waals surface area (Å²) in [5.41, 5.74) is 2.85. The lowest BCUT2D eigenvalue weighted by molar-refractivity contribution is 0.0746. The zero-order valence-corrected chi connectivity index (χ0v) is 17.1. The van der Waals surface area contributed by atoms with Crippen molar-refractivity contribution in [1.29, 1.82) is 0 Å². The van der Waals surface area contributed by atoms with Gasteiger partial charge in [-0.05, 0) is 44.0 Å². The van der Waals surface area contributed by atoms with E-state index >= 15 is 0 Å². The van der Waals surface area contributed by atoms with E-state index < -0.39 is 0 Å². The Morgan fingerprint density at radius 2 is 1.86 bits per heavy atom. The van der Waals surface area contributed by atoms with Crippen molar-refractivity contribution in [1.82, 2.24) is 20.2 Å². The van der Waals surface area contributed by atoms with Crippen LogP contribution in [0.15, 0.2) is 30.6 Å². The van der Waals surface area contributed by atoms with Crippen LogP contribution < -0.4 is 15.1 Å². The van der Waals surface area contributed by atoms with Crippen LogP contribution in [0.25, 0.3) is 0 Å². The van der Waals surface area contributed by atoms with Crippen LogP contribution >= 0.6 is 0 Å². The fourth-order valence-corrected chi connectivity index (χ4v) is 3.90. The van der Waals surface area contributed by atoms with Crippen LogP contribution in [0.5, 0.6) is 0 Å². The van der Waals surface area contributed by atoms with Gasteiger partial charge in [0.1, 0.15) is 11.6 Å². The predicted octanol–water partition coefficient (Wildman–Crippen LogP) is 1.97. The summed E-state index contributed by atoms with van der Waals surface area (Å²) in [7, 11) is 0. The highest BCUT2D eigenvalue weighted by atomic mass is 16.2. The molecular formula is C21H26N6O2. The third kappa shape index (κ3) is 3.87. The first-order chi connectivity index (χ1) is 13.9. The number of hydrogen-bond acceptors (Lipinski definition) is 5. The van der Waals surface area contributed by atoms with E-state index in [1.54, 1.807) is 23.2 Å². The first-order valence-corrected chi connectivity index (χ1v) is 9.94. The lowest BCUT2D eigenvalue weighted by Crippen LogP contribution is -2.49. The van der Waals surface area contributed by atoms with E-state index in [1.807, 2.05) is 24.9 Å². The predicted molar refractivity (Wildman–Crippen MR) is 111 cm³/mol. The zero-order chi connectivity index (χ0) is 20.5. The second-order valence-corrected chi connectivity index (χ2v) is 7.80. The summed E-state index contributed by atoms with van der Waals surface area (Å²) in [6.07, 6.45) is 3.44. The van der Waals surface area contributed by atoms with Crippen LogP contribution in [0, 0.1) is 13.8 Å². The third-order valence-corrected chi connectivity index (χ3v) is 5.40. The first kappa shape index (κ1) is 19.2. The highest BCUT2D eigenvalue weighted by Crippen LogP contribution is 2.21. The summed E-state index contributed by atoms with van der Waals surface area (Å²) in [5, 5.41) is 2.84. The summed E-state index contributed by atoms with van der Waals surface area (Å²) < 4.78 is 0. The molecule has 0 aromatic carbocycles. The summed E-state index contributed by atoms with van der Waals surface area (Å²) in [6, 6.07) is 5.56. The van der Waals surface area contributed by atoms with Gasteiger partial charge in [-0.1, -0.05) is 6.07 Å². The minimum atomic E-state index is -0.153. The van der Waals surface area contributed by atoms with E-state index in [4.69, 9.17) is 0 Å². The second-order valence-electron chi connectivity index (χ2n) is 7.80. The molecule has 3 amide bonds. The minimum Gasteiger partial charge on any atom is -0.353 e. The Hall–Kier alpha value is -3.16. The van der Waals surface area contributed by atoms with Gasteiger partial charge in [0, 0.05) is 51.2 Å². The molecule has 4 heterocycles. The summed E-state index contributed by atoms with van der Waals surface area (Å²) in [4.78, 5) is 39.4. The van der Waals surface area contributed by atoms with Gasteiger partial charge >= 0.3 is 6.03 Å². The molecule has 0 bridgehead atoms. The van der Waals surface area contributed by atoms with Crippen LogP contribution in [0.2, 0.25) is 0 Å². The number of aryl methyl sites for hydroxylation is 2. The van der Waals surface area contributed by atoms with Gasteiger partial charge in [0.05, 0.1) is 5.56 Å². The number of anilines is 2. The third-order valence-electron chi connectivity index (χ3n) is 5.40. The summed E-state index contributed by atoms with van der Waals surface area (Å²) in [6.45, 7) is 9.41. The molecule has 2 aromatic heterocycles. The molecule has 4 rings (SSSR count). The molecule has 152 valence electrons. The number of pyridine rings is 2. The largest absolute Gasteiger partial charge is 0.353 e. The van der Waals surface area contributed by atoms with Gasteiger partial charge in [-0.25, -0.2) is 14.8 Å². The molecule has 1 unspecified atom stereocenters. The maximum absolute atomic E-state index is 12.9. The topological polar surface area (TPSA) is 81.7 Å². The number of aromatic nitrogens is 2. The number of piperazine rings is 1. The van der Waals surface area contributed by atoms with E-state index in [0.717, 1.165) is 30.0 Å². The molecule has 0 saturated carbocycles. The number of rotatable bonds is 3. The fourth-order valence-electron chi connectivity index (χ4n) is 3.90. The maximum Gasteiger partial charge on any atom is 0.323 e. The highest BCUT2D eigenvalue weighted by Gasteiger charge is 2.28. The Morgan fingerprint density at radius 3 is 2.45 bits per heavy atom. The number of nitrogens with zero attached hydrogens (tertiary/aromatic N) is 5. The maximum atomic E-state index is 12.9. The van der Waals surface area contributed by atoms with E-state index in [9.17, 15) is 9.59 Å². The molecule has 29 heavy (non-hydrogen) atoms. The van der Waals surface area contributed by atoms with Crippen LogP contribution in [-0.4, -0.2) is 65.6 Å². The van der Waals surface area contributed by atoms with Crippen molar-refractivity contribution < 1.29 is 9.59 Å². The molecule has 0 aliphatic carbocycles. The van der Waals surface area contributed by atoms with Crippen LogP contribution in [0.1, 0.15) is 28.4 Å². The van der Waals surface area contributed by atoms with Crippen LogP contribution in [0.3, 0.4) is 0 Å². The van der Waals surface area contributed by atoms with Crippen molar-refractivity contribution in [2.45, 2.75) is 26.8 Å². The quantitative estimate of drug-likeness (QED) is 0.861. The molecule has 2 aliphatic heterocycles. The Balaban J connectivity index is 1.39. The molecule has 2 fully saturated rings. The van der Waals surface area contributed by atoms with Gasteiger partial charge in [-0.3, -0.25) is 9.69 Å². The SMILES string of the molecule is Cc1cnc(N2CCN(C(=O)c3ccc(N4CC(C)NC4=O)nc3)CC2)c(C)c1. The number of hydrogen-bond donors (Lipinski definition) is 1. The molecule has 2 aromatic rings. The monoisotopic (exact) mass is 394 g/mol. The molecule has 2 aliphatic rings. The van der Waals surface area contributed by atoms with Gasteiger partial charge in [-0.15, -0.1) is 0 Å². The molecule has 1 N–H and O–H groups in total. The highest BCUT2D eigenvalue weighted by molar-refractivity contribution is 5.96. The second kappa shape index (κ2) is 7.69. The lowest BCUT2D eigenvalue weighted by atomic mass is 10.2. The van der Waals surface area contributed by atoms with Gasteiger partial charge in [-0.2, -0.15) is 0 Å². The van der Waals surface area contributed by atoms with Crippen molar-refractivity contribution in [3.8, 4) is 0 Å². The molecule has 8 heteroatoms. The number of carbonyl (C=O) groups excluding carboxylic acids is 2. The van der Waals surface area contributed by atoms with Crippen molar-refractivity contribution in [2.75, 3.05) is 42.5 Å². The van der Waals surface area contributed by atoms with E-state index in [1.165, 1.54) is 0 Å². The molecule has 0 radical (unpaired) electrons. The van der Waals surface area contributed by atoms with Crippen LogP contribution in [-0.2, 0) is 0 Å². The van der Waals surface area contributed by atoms with Gasteiger partial charge in [0.2, 0.25) is 0 Å². The first-order valence-electron chi connectivity index (χ1n) is 9.94. The van der Waals surface area contributed by atoms with Crippen LogP contribution in [0.4, 0.5) is 16.4 Å². The average molecular weight is 394 g/mol. The van der Waals surface area contributed by atoms with Crippen molar-refractivity contribution in [2.24, 2.45) is 0 Å². The van der Waals surface area contributed by atoms with Crippen molar-refractivity contribution >= 4 is 23.6 Å². The van der Waals surface area contributed by atoms with Crippen molar-refractivity contribution in [3.63, 3.8) is 0 Å². The number of carbonyl (C=O) groups is 2. The van der Waals surface area contributed by atoms with Gasteiger partial charge in [0.15, 0.2) is 0 Å². The Bertz CT molecular complexity index is 921. The Kier molecular flexibility index (Phi) is 5.08. The molecular weight excluding hydrogens is 368 g/mol. The molecule has 1 atom stereocenters. The Morgan fingerprint density at radius 1 is 1.10 bits per heavy atom. The number of urea groups is 1. The summed E-state index contributed by atoms with van der Waals surface area (Å²) >= 11 is 0. The standard InChI is InChI=1S/C21H26N6O2/c1-14-10-15(2)19(23-11-14)25-6-8-26(9-7-25)20(28)17-4-5-18(22-12-17)27-13-16(3)24-21(27)29/h4-5,10-12,16H,6-9,13H2,1-3H3,(H,24,29). The number of nitrogens with one attached hydrogen (secondary N) is 1. The van der Waals surface area contributed by atoms with Gasteiger partial charge in [0.25, 0.3) is 5.91 Å². The smallest absolute Gasteiger partial charge is 0.323 e. The zero-order valence-electron chi connectivity index (χ0n) is 17.1. The lowest BCUT2D eigenvalue weighted by Gasteiger charge is -2.36. The molecule has 2 saturated heterocycles. The average Bonchev–Trinajstić information content (AvgIpc) is 3.06. The fraction of sp³-hybridized carbons (Fsp3) is 0.429. The molecule has 8 nitrogen and oxygen atoms in total. The normalized spacial score (nSPS) is 19.5. The van der Waals surface area contributed by atoms with Crippen molar-refractivity contribution in [3.05, 3.63) is 47.3 Å². The van der Waals surface area contributed by atoms with Gasteiger partial charge < -0.3 is 15.1 Å². The molecule has 0 spiro atoms.